The van der Waals surface area contributed by atoms with E-state index in [0.717, 1.165) is 6.07 Å². The van der Waals surface area contributed by atoms with E-state index < -0.39 is 23.2 Å². The topological polar surface area (TPSA) is 61.4 Å². The SMILES string of the molecule is CCN(CC(=O)Nc1ccccc1C(F)(F)F)CC(=O)NC(C)(C)C. The van der Waals surface area contributed by atoms with Gasteiger partial charge in [-0.2, -0.15) is 13.2 Å². The normalized spacial score (nSPS) is 12.2. The number of hydrogen-bond acceptors (Lipinski definition) is 3. The van der Waals surface area contributed by atoms with Gasteiger partial charge in [0.15, 0.2) is 0 Å². The fourth-order valence-corrected chi connectivity index (χ4v) is 2.17. The first-order valence-corrected chi connectivity index (χ1v) is 7.92. The van der Waals surface area contributed by atoms with Crippen LogP contribution in [0.2, 0.25) is 0 Å². The Morgan fingerprint density at radius 3 is 2.12 bits per heavy atom. The predicted molar refractivity (Wildman–Crippen MR) is 90.1 cm³/mol. The second kappa shape index (κ2) is 8.33. The van der Waals surface area contributed by atoms with Crippen molar-refractivity contribution in [2.75, 3.05) is 25.0 Å². The average Bonchev–Trinajstić information content (AvgIpc) is 2.43. The van der Waals surface area contributed by atoms with E-state index in [2.05, 4.69) is 10.6 Å². The van der Waals surface area contributed by atoms with Gasteiger partial charge < -0.3 is 10.6 Å². The van der Waals surface area contributed by atoms with E-state index >= 15 is 0 Å². The van der Waals surface area contributed by atoms with Crippen LogP contribution >= 0.6 is 0 Å². The fourth-order valence-electron chi connectivity index (χ4n) is 2.17. The Bertz CT molecular complexity index is 610. The molecule has 1 aromatic carbocycles. The number of nitrogens with one attached hydrogen (secondary N) is 2. The van der Waals surface area contributed by atoms with Crippen LogP contribution in [0.1, 0.15) is 33.3 Å². The van der Waals surface area contributed by atoms with Gasteiger partial charge in [0.2, 0.25) is 11.8 Å². The number of likely N-dealkylation sites (N-methyl/N-ethyl adjacent to an activating group) is 1. The van der Waals surface area contributed by atoms with E-state index in [-0.39, 0.29) is 24.7 Å². The number of anilines is 1. The van der Waals surface area contributed by atoms with Crippen LogP contribution in [-0.4, -0.2) is 41.9 Å². The number of para-hydroxylation sites is 1. The molecular weight excluding hydrogens is 335 g/mol. The van der Waals surface area contributed by atoms with Crippen molar-refractivity contribution < 1.29 is 22.8 Å². The smallest absolute Gasteiger partial charge is 0.350 e. The van der Waals surface area contributed by atoms with E-state index in [4.69, 9.17) is 0 Å². The van der Waals surface area contributed by atoms with Crippen LogP contribution in [0.3, 0.4) is 0 Å². The Hall–Kier alpha value is -2.09. The van der Waals surface area contributed by atoms with E-state index in [9.17, 15) is 22.8 Å². The predicted octanol–water partition coefficient (Wildman–Crippen LogP) is 2.88. The molecule has 0 fully saturated rings. The molecule has 25 heavy (non-hydrogen) atoms. The van der Waals surface area contributed by atoms with Gasteiger partial charge in [-0.3, -0.25) is 14.5 Å². The Morgan fingerprint density at radius 1 is 1.04 bits per heavy atom. The van der Waals surface area contributed by atoms with Gasteiger partial charge in [0.1, 0.15) is 0 Å². The molecule has 2 N–H and O–H groups in total. The molecule has 1 rings (SSSR count). The summed E-state index contributed by atoms with van der Waals surface area (Å²) in [6.45, 7) is 7.49. The molecule has 0 aliphatic carbocycles. The molecule has 0 heterocycles. The van der Waals surface area contributed by atoms with Gasteiger partial charge >= 0.3 is 6.18 Å². The molecule has 0 bridgehead atoms. The third-order valence-corrected chi connectivity index (χ3v) is 3.20. The van der Waals surface area contributed by atoms with Gasteiger partial charge in [0, 0.05) is 5.54 Å². The summed E-state index contributed by atoms with van der Waals surface area (Å²) in [5.74, 6) is -0.861. The number of alkyl halides is 3. The minimum Gasteiger partial charge on any atom is -0.350 e. The van der Waals surface area contributed by atoms with E-state index in [1.54, 1.807) is 11.8 Å². The quantitative estimate of drug-likeness (QED) is 0.821. The summed E-state index contributed by atoms with van der Waals surface area (Å²) in [6, 6.07) is 4.78. The highest BCUT2D eigenvalue weighted by atomic mass is 19.4. The summed E-state index contributed by atoms with van der Waals surface area (Å²) in [7, 11) is 0. The highest BCUT2D eigenvalue weighted by Crippen LogP contribution is 2.34. The zero-order valence-electron chi connectivity index (χ0n) is 14.8. The van der Waals surface area contributed by atoms with Crippen molar-refractivity contribution in [3.63, 3.8) is 0 Å². The van der Waals surface area contributed by atoms with E-state index in [1.807, 2.05) is 20.8 Å². The lowest BCUT2D eigenvalue weighted by Gasteiger charge is -2.24. The van der Waals surface area contributed by atoms with Crippen molar-refractivity contribution in [1.29, 1.82) is 0 Å². The second-order valence-corrected chi connectivity index (χ2v) is 6.69. The molecule has 0 aliphatic heterocycles. The van der Waals surface area contributed by atoms with Crippen molar-refractivity contribution in [2.45, 2.75) is 39.4 Å². The Labute approximate surface area is 145 Å². The third kappa shape index (κ3) is 7.55. The van der Waals surface area contributed by atoms with Crippen LogP contribution in [0.5, 0.6) is 0 Å². The third-order valence-electron chi connectivity index (χ3n) is 3.20. The standard InChI is InChI=1S/C17H24F3N3O2/c1-5-23(11-15(25)22-16(2,3)4)10-14(24)21-13-9-7-6-8-12(13)17(18,19)20/h6-9H,5,10-11H2,1-4H3,(H,21,24)(H,22,25). The highest BCUT2D eigenvalue weighted by molar-refractivity contribution is 5.93. The molecule has 2 amide bonds. The van der Waals surface area contributed by atoms with Gasteiger partial charge in [-0.1, -0.05) is 19.1 Å². The number of hydrogen-bond donors (Lipinski definition) is 2. The highest BCUT2D eigenvalue weighted by Gasteiger charge is 2.33. The molecule has 8 heteroatoms. The molecule has 0 unspecified atom stereocenters. The number of halogens is 3. The van der Waals surface area contributed by atoms with Crippen molar-refractivity contribution in [2.24, 2.45) is 0 Å². The van der Waals surface area contributed by atoms with Gasteiger partial charge in [-0.15, -0.1) is 0 Å². The molecule has 0 atom stereocenters. The van der Waals surface area contributed by atoms with Crippen LogP contribution in [0.25, 0.3) is 0 Å². The number of carbonyl (C=O) groups excluding carboxylic acids is 2. The average molecular weight is 359 g/mol. The lowest BCUT2D eigenvalue weighted by Crippen LogP contribution is -2.47. The van der Waals surface area contributed by atoms with Crippen molar-refractivity contribution in [3.8, 4) is 0 Å². The minimum absolute atomic E-state index is 0.0118. The van der Waals surface area contributed by atoms with Gasteiger partial charge in [0.25, 0.3) is 0 Å². The van der Waals surface area contributed by atoms with Gasteiger partial charge in [-0.05, 0) is 39.4 Å². The maximum atomic E-state index is 12.9. The number of benzene rings is 1. The Balaban J connectivity index is 2.71. The van der Waals surface area contributed by atoms with Crippen LogP contribution < -0.4 is 10.6 Å². The zero-order valence-corrected chi connectivity index (χ0v) is 14.8. The Kier molecular flexibility index (Phi) is 6.98. The first-order valence-electron chi connectivity index (χ1n) is 7.92. The number of amides is 2. The molecule has 1 aromatic rings. The van der Waals surface area contributed by atoms with Crippen molar-refractivity contribution >= 4 is 17.5 Å². The first-order chi connectivity index (χ1) is 11.4. The fraction of sp³-hybridized carbons (Fsp3) is 0.529. The monoisotopic (exact) mass is 359 g/mol. The summed E-state index contributed by atoms with van der Waals surface area (Å²) in [6.07, 6.45) is -4.55. The largest absolute Gasteiger partial charge is 0.418 e. The summed E-state index contributed by atoms with van der Waals surface area (Å²) in [4.78, 5) is 25.5. The maximum absolute atomic E-state index is 12.9. The molecule has 0 aromatic heterocycles. The summed E-state index contributed by atoms with van der Waals surface area (Å²) < 4.78 is 38.8. The molecule has 0 saturated carbocycles. The Morgan fingerprint density at radius 2 is 1.60 bits per heavy atom. The molecule has 0 spiro atoms. The van der Waals surface area contributed by atoms with Crippen LogP contribution in [0, 0.1) is 0 Å². The summed E-state index contributed by atoms with van der Waals surface area (Å²) >= 11 is 0. The number of nitrogens with zero attached hydrogens (tertiary/aromatic N) is 1. The second-order valence-electron chi connectivity index (χ2n) is 6.69. The van der Waals surface area contributed by atoms with E-state index in [0.29, 0.717) is 6.54 Å². The zero-order chi connectivity index (χ0) is 19.3. The van der Waals surface area contributed by atoms with Crippen LogP contribution in [0.15, 0.2) is 24.3 Å². The summed E-state index contributed by atoms with van der Waals surface area (Å²) in [5.41, 5.74) is -1.60. The molecule has 0 radical (unpaired) electrons. The molecule has 5 nitrogen and oxygen atoms in total. The molecule has 0 saturated heterocycles. The van der Waals surface area contributed by atoms with Crippen LogP contribution in [0.4, 0.5) is 18.9 Å². The lowest BCUT2D eigenvalue weighted by molar-refractivity contribution is -0.137. The number of carbonyl (C=O) groups is 2. The van der Waals surface area contributed by atoms with Crippen molar-refractivity contribution in [1.82, 2.24) is 10.2 Å². The molecule has 140 valence electrons. The first kappa shape index (κ1) is 21.0. The van der Waals surface area contributed by atoms with Crippen molar-refractivity contribution in [3.05, 3.63) is 29.8 Å². The lowest BCUT2D eigenvalue weighted by atomic mass is 10.1. The van der Waals surface area contributed by atoms with Crippen LogP contribution in [-0.2, 0) is 15.8 Å². The molecular formula is C17H24F3N3O2. The number of rotatable bonds is 6. The van der Waals surface area contributed by atoms with Gasteiger partial charge in [-0.25, -0.2) is 0 Å². The molecule has 0 aliphatic rings. The maximum Gasteiger partial charge on any atom is 0.418 e. The summed E-state index contributed by atoms with van der Waals surface area (Å²) in [5, 5.41) is 5.05. The van der Waals surface area contributed by atoms with Gasteiger partial charge in [0.05, 0.1) is 24.3 Å². The minimum atomic E-state index is -4.55. The van der Waals surface area contributed by atoms with E-state index in [1.165, 1.54) is 18.2 Å².